The lowest BCUT2D eigenvalue weighted by Gasteiger charge is -2.09. The molecule has 0 saturated heterocycles. The van der Waals surface area contributed by atoms with E-state index in [1.54, 1.807) is 4.68 Å². The Kier molecular flexibility index (Phi) is 5.66. The molecular weight excluding hydrogens is 242 g/mol. The molecule has 0 aliphatic heterocycles. The van der Waals surface area contributed by atoms with Gasteiger partial charge in [0.25, 0.3) is 0 Å². The fourth-order valence-corrected chi connectivity index (χ4v) is 1.77. The number of amides is 1. The number of anilines is 2. The molecule has 1 aromatic heterocycles. The highest BCUT2D eigenvalue weighted by Crippen LogP contribution is 2.21. The van der Waals surface area contributed by atoms with Crippen LogP contribution in [0.5, 0.6) is 0 Å². The summed E-state index contributed by atoms with van der Waals surface area (Å²) in [6, 6.07) is 0. The Balaban J connectivity index is 2.41. The number of nitrogens with zero attached hydrogens (tertiary/aromatic N) is 2. The van der Waals surface area contributed by atoms with Gasteiger partial charge in [0.05, 0.1) is 11.4 Å². The summed E-state index contributed by atoms with van der Waals surface area (Å²) in [4.78, 5) is 11.6. The van der Waals surface area contributed by atoms with Crippen LogP contribution in [-0.2, 0) is 18.3 Å². The van der Waals surface area contributed by atoms with Crippen LogP contribution in [0, 0.1) is 5.92 Å². The van der Waals surface area contributed by atoms with Crippen LogP contribution >= 0.6 is 0 Å². The Morgan fingerprint density at radius 2 is 2.16 bits per heavy atom. The van der Waals surface area contributed by atoms with Crippen molar-refractivity contribution in [3.05, 3.63) is 5.69 Å². The molecule has 1 rings (SSSR count). The second-order valence-electron chi connectivity index (χ2n) is 5.06. The molecule has 0 radical (unpaired) electrons. The van der Waals surface area contributed by atoms with E-state index in [0.29, 0.717) is 31.1 Å². The van der Waals surface area contributed by atoms with Crippen LogP contribution in [0.3, 0.4) is 0 Å². The molecule has 6 nitrogen and oxygen atoms in total. The Hall–Kier alpha value is -1.72. The van der Waals surface area contributed by atoms with Gasteiger partial charge in [0, 0.05) is 26.6 Å². The molecule has 4 N–H and O–H groups in total. The zero-order chi connectivity index (χ0) is 14.4. The molecule has 0 aromatic carbocycles. The van der Waals surface area contributed by atoms with E-state index in [0.717, 1.165) is 17.9 Å². The summed E-state index contributed by atoms with van der Waals surface area (Å²) in [5.74, 6) is 1.31. The van der Waals surface area contributed by atoms with Gasteiger partial charge < -0.3 is 16.4 Å². The van der Waals surface area contributed by atoms with E-state index in [1.165, 1.54) is 0 Å². The summed E-state index contributed by atoms with van der Waals surface area (Å²) in [5, 5.41) is 10.4. The number of aromatic nitrogens is 2. The van der Waals surface area contributed by atoms with Crippen LogP contribution in [0.15, 0.2) is 0 Å². The number of nitrogens with one attached hydrogen (secondary N) is 2. The van der Waals surface area contributed by atoms with Crippen molar-refractivity contribution in [3.63, 3.8) is 0 Å². The summed E-state index contributed by atoms with van der Waals surface area (Å²) in [7, 11) is 1.84. The first kappa shape index (κ1) is 15.3. The Labute approximate surface area is 114 Å². The fourth-order valence-electron chi connectivity index (χ4n) is 1.77. The van der Waals surface area contributed by atoms with Crippen molar-refractivity contribution in [2.75, 3.05) is 24.1 Å². The van der Waals surface area contributed by atoms with Gasteiger partial charge in [-0.2, -0.15) is 5.10 Å². The van der Waals surface area contributed by atoms with E-state index in [4.69, 9.17) is 5.73 Å². The second kappa shape index (κ2) is 7.01. The van der Waals surface area contributed by atoms with Crippen LogP contribution in [-0.4, -0.2) is 28.8 Å². The zero-order valence-electron chi connectivity index (χ0n) is 12.3. The standard InChI is InChI=1S/C13H25N5O/c1-5-10-12(14)13(18(4)17-10)15-7-6-11(19)16-8-9(2)3/h9,15H,5-8,14H2,1-4H3,(H,16,19). The predicted octanol–water partition coefficient (Wildman–Crippen LogP) is 1.14. The molecule has 0 aliphatic carbocycles. The lowest BCUT2D eigenvalue weighted by Crippen LogP contribution is -2.28. The quantitative estimate of drug-likeness (QED) is 0.691. The maximum Gasteiger partial charge on any atom is 0.221 e. The number of nitrogen functional groups attached to an aromatic ring is 1. The van der Waals surface area contributed by atoms with Crippen LogP contribution in [0.2, 0.25) is 0 Å². The lowest BCUT2D eigenvalue weighted by atomic mass is 10.2. The Morgan fingerprint density at radius 3 is 2.68 bits per heavy atom. The van der Waals surface area contributed by atoms with E-state index in [-0.39, 0.29) is 5.91 Å². The molecule has 0 spiro atoms. The molecular formula is C13H25N5O. The van der Waals surface area contributed by atoms with Crippen LogP contribution in [0.1, 0.15) is 32.9 Å². The molecule has 0 atom stereocenters. The van der Waals surface area contributed by atoms with Crippen molar-refractivity contribution in [1.29, 1.82) is 0 Å². The molecule has 1 heterocycles. The second-order valence-corrected chi connectivity index (χ2v) is 5.06. The minimum absolute atomic E-state index is 0.0534. The smallest absolute Gasteiger partial charge is 0.221 e. The molecule has 6 heteroatoms. The van der Waals surface area contributed by atoms with Gasteiger partial charge in [-0.15, -0.1) is 0 Å². The van der Waals surface area contributed by atoms with Crippen molar-refractivity contribution in [1.82, 2.24) is 15.1 Å². The molecule has 0 bridgehead atoms. The summed E-state index contributed by atoms with van der Waals surface area (Å²) < 4.78 is 1.72. The van der Waals surface area contributed by atoms with Gasteiger partial charge in [-0.3, -0.25) is 9.48 Å². The number of carbonyl (C=O) groups is 1. The number of aryl methyl sites for hydroxylation is 2. The molecule has 0 fully saturated rings. The van der Waals surface area contributed by atoms with Crippen LogP contribution in [0.4, 0.5) is 11.5 Å². The van der Waals surface area contributed by atoms with Gasteiger partial charge in [-0.05, 0) is 12.3 Å². The molecule has 1 amide bonds. The van der Waals surface area contributed by atoms with E-state index in [2.05, 4.69) is 29.6 Å². The normalized spacial score (nSPS) is 10.8. The number of carbonyl (C=O) groups excluding carboxylic acids is 1. The third-order valence-electron chi connectivity index (χ3n) is 2.85. The SMILES string of the molecule is CCc1nn(C)c(NCCC(=O)NCC(C)C)c1N. The Bertz CT molecular complexity index is 425. The molecule has 0 saturated carbocycles. The largest absolute Gasteiger partial charge is 0.394 e. The lowest BCUT2D eigenvalue weighted by molar-refractivity contribution is -0.120. The van der Waals surface area contributed by atoms with Gasteiger partial charge >= 0.3 is 0 Å². The van der Waals surface area contributed by atoms with Gasteiger partial charge in [-0.25, -0.2) is 0 Å². The van der Waals surface area contributed by atoms with Crippen molar-refractivity contribution < 1.29 is 4.79 Å². The third-order valence-corrected chi connectivity index (χ3v) is 2.85. The number of hydrogen-bond acceptors (Lipinski definition) is 4. The Morgan fingerprint density at radius 1 is 1.47 bits per heavy atom. The highest BCUT2D eigenvalue weighted by Gasteiger charge is 2.11. The summed E-state index contributed by atoms with van der Waals surface area (Å²) in [6.45, 7) is 7.42. The number of hydrogen-bond donors (Lipinski definition) is 3. The first-order chi connectivity index (χ1) is 8.95. The third kappa shape index (κ3) is 4.46. The average Bonchev–Trinajstić information content (AvgIpc) is 2.63. The maximum absolute atomic E-state index is 11.6. The monoisotopic (exact) mass is 267 g/mol. The van der Waals surface area contributed by atoms with Gasteiger partial charge in [0.2, 0.25) is 5.91 Å². The first-order valence-corrected chi connectivity index (χ1v) is 6.77. The molecule has 19 heavy (non-hydrogen) atoms. The van der Waals surface area contributed by atoms with Crippen LogP contribution in [0.25, 0.3) is 0 Å². The summed E-state index contributed by atoms with van der Waals surface area (Å²) in [6.07, 6.45) is 1.23. The van der Waals surface area contributed by atoms with E-state index >= 15 is 0 Å². The molecule has 108 valence electrons. The van der Waals surface area contributed by atoms with E-state index in [9.17, 15) is 4.79 Å². The molecule has 0 unspecified atom stereocenters. The van der Waals surface area contributed by atoms with E-state index in [1.807, 2.05) is 14.0 Å². The van der Waals surface area contributed by atoms with Crippen molar-refractivity contribution in [2.45, 2.75) is 33.6 Å². The minimum Gasteiger partial charge on any atom is -0.394 e. The van der Waals surface area contributed by atoms with E-state index < -0.39 is 0 Å². The van der Waals surface area contributed by atoms with Gasteiger partial charge in [-0.1, -0.05) is 20.8 Å². The van der Waals surface area contributed by atoms with Crippen molar-refractivity contribution in [3.8, 4) is 0 Å². The average molecular weight is 267 g/mol. The van der Waals surface area contributed by atoms with Gasteiger partial charge in [0.1, 0.15) is 5.82 Å². The van der Waals surface area contributed by atoms with Crippen molar-refractivity contribution in [2.24, 2.45) is 13.0 Å². The highest BCUT2D eigenvalue weighted by atomic mass is 16.1. The van der Waals surface area contributed by atoms with Crippen molar-refractivity contribution >= 4 is 17.4 Å². The van der Waals surface area contributed by atoms with Crippen LogP contribution < -0.4 is 16.4 Å². The zero-order valence-corrected chi connectivity index (χ0v) is 12.3. The minimum atomic E-state index is 0.0534. The molecule has 0 aliphatic rings. The molecule has 1 aromatic rings. The maximum atomic E-state index is 11.6. The topological polar surface area (TPSA) is 85.0 Å². The summed E-state index contributed by atoms with van der Waals surface area (Å²) >= 11 is 0. The van der Waals surface area contributed by atoms with Gasteiger partial charge in [0.15, 0.2) is 0 Å². The number of nitrogens with two attached hydrogens (primary N) is 1. The number of rotatable bonds is 7. The first-order valence-electron chi connectivity index (χ1n) is 6.77. The predicted molar refractivity (Wildman–Crippen MR) is 78.0 cm³/mol. The summed E-state index contributed by atoms with van der Waals surface area (Å²) in [5.41, 5.74) is 7.54. The highest BCUT2D eigenvalue weighted by molar-refractivity contribution is 5.76. The fraction of sp³-hybridized carbons (Fsp3) is 0.692.